The summed E-state index contributed by atoms with van der Waals surface area (Å²) < 4.78 is 22.6. The number of phenolic OH excluding ortho intramolecular Hbond substituents is 2. The van der Waals surface area contributed by atoms with Gasteiger partial charge in [0.15, 0.2) is 23.5 Å². The second kappa shape index (κ2) is 11.0. The van der Waals surface area contributed by atoms with E-state index in [-0.39, 0.29) is 46.8 Å². The number of fused-ring (bicyclic) bond motifs is 3. The van der Waals surface area contributed by atoms with Crippen molar-refractivity contribution in [3.63, 3.8) is 0 Å². The first-order chi connectivity index (χ1) is 18.9. The summed E-state index contributed by atoms with van der Waals surface area (Å²) in [7, 11) is 2.52. The van der Waals surface area contributed by atoms with E-state index in [1.54, 1.807) is 6.92 Å². The number of rotatable bonds is 5. The van der Waals surface area contributed by atoms with Crippen molar-refractivity contribution < 1.29 is 53.8 Å². The standard InChI is InChI=1S/C28H31NO11.ClH/c1-10-22(31)13(29)8-16(39-10)40-15-9-28(36,11(2)30)27(38-4)21-18(15)25(34)20-19(26(21)35)23(32)12-6-5-7-14(37-3)17(12)24(20)33;/h5-7,10,13,15-16,22,27,31,34-36H,8-9,29H2,1-4H3;1H/t10?,13?,15-,16?,22?,27+,28-;/m0./s1. The first-order valence-corrected chi connectivity index (χ1v) is 12.8. The van der Waals surface area contributed by atoms with Crippen molar-refractivity contribution in [1.29, 1.82) is 0 Å². The van der Waals surface area contributed by atoms with Gasteiger partial charge in [0.2, 0.25) is 5.78 Å². The summed E-state index contributed by atoms with van der Waals surface area (Å²) in [5.41, 5.74) is 2.26. The van der Waals surface area contributed by atoms with E-state index in [0.717, 1.165) is 6.92 Å². The van der Waals surface area contributed by atoms with E-state index < -0.39 is 88.7 Å². The van der Waals surface area contributed by atoms with Gasteiger partial charge < -0.3 is 45.1 Å². The molecule has 1 heterocycles. The first-order valence-electron chi connectivity index (χ1n) is 12.8. The van der Waals surface area contributed by atoms with Crippen LogP contribution in [0.25, 0.3) is 0 Å². The normalized spacial score (nSPS) is 30.5. The van der Waals surface area contributed by atoms with Crippen LogP contribution in [0.1, 0.15) is 81.9 Å². The number of hydrogen-bond acceptors (Lipinski definition) is 12. The van der Waals surface area contributed by atoms with Crippen molar-refractivity contribution in [2.75, 3.05) is 14.2 Å². The Morgan fingerprint density at radius 3 is 2.29 bits per heavy atom. The minimum absolute atomic E-state index is 0. The lowest BCUT2D eigenvalue weighted by atomic mass is 9.70. The third-order valence-corrected chi connectivity index (χ3v) is 8.12. The molecule has 0 spiro atoms. The van der Waals surface area contributed by atoms with Crippen LogP contribution in [-0.2, 0) is 19.0 Å². The van der Waals surface area contributed by atoms with Crippen molar-refractivity contribution >= 4 is 29.8 Å². The molecule has 222 valence electrons. The summed E-state index contributed by atoms with van der Waals surface area (Å²) >= 11 is 0. The molecule has 0 aromatic heterocycles. The number of nitrogens with two attached hydrogens (primary N) is 1. The number of phenols is 2. The number of aliphatic hydroxyl groups excluding tert-OH is 1. The molecule has 7 atom stereocenters. The second-order valence-electron chi connectivity index (χ2n) is 10.4. The Kier molecular flexibility index (Phi) is 8.24. The predicted octanol–water partition coefficient (Wildman–Crippen LogP) is 1.60. The minimum atomic E-state index is -2.25. The van der Waals surface area contributed by atoms with Gasteiger partial charge in [-0.2, -0.15) is 0 Å². The summed E-state index contributed by atoms with van der Waals surface area (Å²) in [4.78, 5) is 40.2. The van der Waals surface area contributed by atoms with Gasteiger partial charge in [-0.1, -0.05) is 12.1 Å². The molecule has 5 rings (SSSR count). The van der Waals surface area contributed by atoms with Crippen LogP contribution in [0.5, 0.6) is 17.2 Å². The minimum Gasteiger partial charge on any atom is -0.507 e. The average Bonchev–Trinajstić information content (AvgIpc) is 2.91. The third-order valence-electron chi connectivity index (χ3n) is 8.12. The van der Waals surface area contributed by atoms with Crippen LogP contribution < -0.4 is 10.5 Å². The molecule has 1 aliphatic heterocycles. The summed E-state index contributed by atoms with van der Waals surface area (Å²) in [5, 5.41) is 44.9. The number of hydrogen-bond donors (Lipinski definition) is 5. The van der Waals surface area contributed by atoms with E-state index in [4.69, 9.17) is 24.7 Å². The maximum absolute atomic E-state index is 13.7. The Bertz CT molecular complexity index is 1420. The zero-order valence-electron chi connectivity index (χ0n) is 22.7. The molecule has 0 saturated carbocycles. The number of carbonyl (C=O) groups excluding carboxylic acids is 3. The molecule has 6 N–H and O–H groups in total. The van der Waals surface area contributed by atoms with Crippen LogP contribution in [0, 0.1) is 0 Å². The van der Waals surface area contributed by atoms with Gasteiger partial charge in [0.25, 0.3) is 0 Å². The lowest BCUT2D eigenvalue weighted by Gasteiger charge is -2.45. The summed E-state index contributed by atoms with van der Waals surface area (Å²) in [6.07, 6.45) is -6.00. The fourth-order valence-electron chi connectivity index (χ4n) is 6.02. The van der Waals surface area contributed by atoms with E-state index in [2.05, 4.69) is 0 Å². The molecule has 41 heavy (non-hydrogen) atoms. The van der Waals surface area contributed by atoms with E-state index in [0.29, 0.717) is 0 Å². The predicted molar refractivity (Wildman–Crippen MR) is 144 cm³/mol. The van der Waals surface area contributed by atoms with Crippen LogP contribution >= 0.6 is 12.4 Å². The molecule has 2 aliphatic carbocycles. The van der Waals surface area contributed by atoms with Gasteiger partial charge in [-0.05, 0) is 19.9 Å². The number of ether oxygens (including phenoxy) is 4. The lowest BCUT2D eigenvalue weighted by Crippen LogP contribution is -2.53. The van der Waals surface area contributed by atoms with E-state index >= 15 is 0 Å². The molecular formula is C28H32ClNO11. The Labute approximate surface area is 241 Å². The smallest absolute Gasteiger partial charge is 0.202 e. The quantitative estimate of drug-likeness (QED) is 0.268. The molecule has 2 aromatic carbocycles. The van der Waals surface area contributed by atoms with Crippen molar-refractivity contribution in [3.8, 4) is 17.2 Å². The van der Waals surface area contributed by atoms with Gasteiger partial charge in [0.05, 0.1) is 42.1 Å². The van der Waals surface area contributed by atoms with Crippen molar-refractivity contribution in [2.45, 2.75) is 69.0 Å². The van der Waals surface area contributed by atoms with Gasteiger partial charge in [-0.15, -0.1) is 12.4 Å². The summed E-state index contributed by atoms with van der Waals surface area (Å²) in [6.45, 7) is 2.72. The Hall–Kier alpha value is -3.10. The monoisotopic (exact) mass is 593 g/mol. The van der Waals surface area contributed by atoms with Crippen molar-refractivity contribution in [2.24, 2.45) is 5.73 Å². The number of methoxy groups -OCH3 is 2. The SMILES string of the molecule is COc1cccc2c1C(=O)c1c(O)c3c(c(O)c1C2=O)[C@@H](OC)[C@@](O)(C(C)=O)C[C@@H]3OC1CC(N)C(O)C(C)O1.Cl. The fourth-order valence-corrected chi connectivity index (χ4v) is 6.02. The third kappa shape index (κ3) is 4.50. The molecule has 1 saturated heterocycles. The zero-order chi connectivity index (χ0) is 29.3. The number of carbonyl (C=O) groups is 3. The van der Waals surface area contributed by atoms with Crippen LogP contribution in [0.3, 0.4) is 0 Å². The number of ketones is 3. The van der Waals surface area contributed by atoms with Crippen LogP contribution in [0.2, 0.25) is 0 Å². The number of halogens is 1. The highest BCUT2D eigenvalue weighted by Crippen LogP contribution is 2.56. The highest BCUT2D eigenvalue weighted by Gasteiger charge is 2.55. The van der Waals surface area contributed by atoms with Crippen molar-refractivity contribution in [1.82, 2.24) is 0 Å². The zero-order valence-corrected chi connectivity index (χ0v) is 23.6. The van der Waals surface area contributed by atoms with Gasteiger partial charge in [-0.3, -0.25) is 14.4 Å². The van der Waals surface area contributed by atoms with Gasteiger partial charge in [-0.25, -0.2) is 0 Å². The number of benzene rings is 2. The molecule has 2 aromatic rings. The first kappa shape index (κ1) is 30.8. The molecule has 4 unspecified atom stereocenters. The van der Waals surface area contributed by atoms with Crippen molar-refractivity contribution in [3.05, 3.63) is 51.6 Å². The topological polar surface area (TPSA) is 195 Å². The van der Waals surface area contributed by atoms with Gasteiger partial charge in [0, 0.05) is 42.7 Å². The fraction of sp³-hybridized carbons (Fsp3) is 0.464. The molecular weight excluding hydrogens is 562 g/mol. The highest BCUT2D eigenvalue weighted by molar-refractivity contribution is 6.31. The second-order valence-corrected chi connectivity index (χ2v) is 10.4. The summed E-state index contributed by atoms with van der Waals surface area (Å²) in [5.74, 6) is -3.58. The molecule has 1 fully saturated rings. The van der Waals surface area contributed by atoms with Crippen LogP contribution in [-0.4, -0.2) is 82.1 Å². The largest absolute Gasteiger partial charge is 0.507 e. The van der Waals surface area contributed by atoms with Gasteiger partial charge in [0.1, 0.15) is 23.4 Å². The molecule has 0 bridgehead atoms. The van der Waals surface area contributed by atoms with Crippen LogP contribution in [0.15, 0.2) is 18.2 Å². The molecule has 0 amide bonds. The molecule has 12 nitrogen and oxygen atoms in total. The average molecular weight is 594 g/mol. The Balaban J connectivity index is 0.00000387. The molecule has 0 radical (unpaired) electrons. The van der Waals surface area contributed by atoms with E-state index in [9.17, 15) is 34.8 Å². The number of aliphatic hydroxyl groups is 2. The lowest BCUT2D eigenvalue weighted by molar-refractivity contribution is -0.251. The Morgan fingerprint density at radius 1 is 1.07 bits per heavy atom. The maximum atomic E-state index is 13.7. The van der Waals surface area contributed by atoms with E-state index in [1.165, 1.54) is 32.4 Å². The van der Waals surface area contributed by atoms with Gasteiger partial charge >= 0.3 is 0 Å². The highest BCUT2D eigenvalue weighted by atomic mass is 35.5. The maximum Gasteiger partial charge on any atom is 0.202 e. The number of Topliss-reactive ketones (excluding diaryl/α,β-unsaturated/α-hetero) is 1. The Morgan fingerprint density at radius 2 is 1.71 bits per heavy atom. The van der Waals surface area contributed by atoms with Crippen LogP contribution in [0.4, 0.5) is 0 Å². The number of aromatic hydroxyl groups is 2. The molecule has 13 heteroatoms. The summed E-state index contributed by atoms with van der Waals surface area (Å²) in [6, 6.07) is 3.67. The van der Waals surface area contributed by atoms with E-state index in [1.807, 2.05) is 0 Å². The molecule has 3 aliphatic rings.